The van der Waals surface area contributed by atoms with Crippen LogP contribution < -0.4 is 4.72 Å². The Bertz CT molecular complexity index is 723. The van der Waals surface area contributed by atoms with Crippen LogP contribution >= 0.6 is 34.3 Å². The summed E-state index contributed by atoms with van der Waals surface area (Å²) < 4.78 is 27.5. The van der Waals surface area contributed by atoms with Crippen LogP contribution in [0, 0.1) is 0 Å². The summed E-state index contributed by atoms with van der Waals surface area (Å²) in [5.41, 5.74) is 1.37. The molecule has 21 heavy (non-hydrogen) atoms. The fourth-order valence-corrected chi connectivity index (χ4v) is 5.79. The number of hydrogen-bond donors (Lipinski definition) is 1. The maximum atomic E-state index is 12.1. The Morgan fingerprint density at radius 2 is 2.19 bits per heavy atom. The number of thiophene rings is 2. The number of nitrogens with one attached hydrogen (secondary N) is 1. The Labute approximate surface area is 137 Å². The maximum absolute atomic E-state index is 12.1. The van der Waals surface area contributed by atoms with Crippen LogP contribution in [0.15, 0.2) is 27.8 Å². The van der Waals surface area contributed by atoms with E-state index in [0.29, 0.717) is 17.4 Å². The quantitative estimate of drug-likeness (QED) is 0.889. The van der Waals surface area contributed by atoms with Crippen LogP contribution in [0.3, 0.4) is 0 Å². The van der Waals surface area contributed by atoms with Crippen molar-refractivity contribution in [2.45, 2.75) is 17.2 Å². The summed E-state index contributed by atoms with van der Waals surface area (Å²) in [7, 11) is -3.43. The van der Waals surface area contributed by atoms with Gasteiger partial charge in [-0.1, -0.05) is 11.6 Å². The molecule has 8 heteroatoms. The third kappa shape index (κ3) is 3.67. The zero-order valence-electron chi connectivity index (χ0n) is 11.2. The highest BCUT2D eigenvalue weighted by Gasteiger charge is 2.19. The van der Waals surface area contributed by atoms with Crippen molar-refractivity contribution in [2.75, 3.05) is 19.6 Å². The van der Waals surface area contributed by atoms with Gasteiger partial charge in [0.05, 0.1) is 4.34 Å². The Hall–Kier alpha value is -0.440. The van der Waals surface area contributed by atoms with E-state index in [2.05, 4.69) is 21.1 Å². The van der Waals surface area contributed by atoms with Crippen molar-refractivity contribution in [3.8, 4) is 0 Å². The van der Waals surface area contributed by atoms with Crippen molar-refractivity contribution in [3.63, 3.8) is 0 Å². The lowest BCUT2D eigenvalue weighted by atomic mass is 10.1. The van der Waals surface area contributed by atoms with Gasteiger partial charge in [0.15, 0.2) is 0 Å². The molecule has 0 bridgehead atoms. The number of halogens is 1. The lowest BCUT2D eigenvalue weighted by Gasteiger charge is -2.26. The number of sulfonamides is 1. The van der Waals surface area contributed by atoms with Crippen LogP contribution in [-0.2, 0) is 23.0 Å². The van der Waals surface area contributed by atoms with Gasteiger partial charge >= 0.3 is 0 Å². The average molecular weight is 363 g/mol. The van der Waals surface area contributed by atoms with Crippen molar-refractivity contribution in [1.82, 2.24) is 9.62 Å². The number of fused-ring (bicyclic) bond motifs is 1. The summed E-state index contributed by atoms with van der Waals surface area (Å²) in [5, 5.41) is 2.12. The topological polar surface area (TPSA) is 49.4 Å². The van der Waals surface area contributed by atoms with Crippen molar-refractivity contribution < 1.29 is 8.42 Å². The summed E-state index contributed by atoms with van der Waals surface area (Å²) in [6.07, 6.45) is 1.06. The normalized spacial score (nSPS) is 16.0. The molecule has 1 N–H and O–H groups in total. The van der Waals surface area contributed by atoms with Gasteiger partial charge in [0, 0.05) is 31.1 Å². The zero-order valence-corrected chi connectivity index (χ0v) is 14.4. The predicted octanol–water partition coefficient (Wildman–Crippen LogP) is 2.80. The second-order valence-corrected chi connectivity index (χ2v) is 9.56. The van der Waals surface area contributed by atoms with Gasteiger partial charge in [0.25, 0.3) is 0 Å². The van der Waals surface area contributed by atoms with Gasteiger partial charge in [0.1, 0.15) is 4.21 Å². The van der Waals surface area contributed by atoms with Crippen LogP contribution in [0.5, 0.6) is 0 Å². The molecule has 0 amide bonds. The molecule has 3 rings (SSSR count). The predicted molar refractivity (Wildman–Crippen MR) is 87.8 cm³/mol. The van der Waals surface area contributed by atoms with E-state index in [0.717, 1.165) is 30.8 Å². The van der Waals surface area contributed by atoms with Gasteiger partial charge in [0.2, 0.25) is 10.0 Å². The summed E-state index contributed by atoms with van der Waals surface area (Å²) in [6, 6.07) is 5.29. The van der Waals surface area contributed by atoms with Crippen molar-refractivity contribution in [3.05, 3.63) is 38.4 Å². The molecule has 0 unspecified atom stereocenters. The monoisotopic (exact) mass is 362 g/mol. The van der Waals surface area contributed by atoms with E-state index in [1.165, 1.54) is 16.5 Å². The Kier molecular flexibility index (Phi) is 4.68. The molecule has 0 aliphatic carbocycles. The minimum atomic E-state index is -3.43. The zero-order chi connectivity index (χ0) is 14.9. The molecule has 0 aromatic carbocycles. The van der Waals surface area contributed by atoms with Crippen molar-refractivity contribution in [1.29, 1.82) is 0 Å². The number of hydrogen-bond acceptors (Lipinski definition) is 5. The van der Waals surface area contributed by atoms with E-state index in [4.69, 9.17) is 11.6 Å². The van der Waals surface area contributed by atoms with E-state index in [1.54, 1.807) is 17.4 Å². The molecule has 114 valence electrons. The van der Waals surface area contributed by atoms with Crippen LogP contribution in [0.2, 0.25) is 4.34 Å². The number of nitrogens with zero attached hydrogens (tertiary/aromatic N) is 1. The van der Waals surface area contributed by atoms with E-state index in [-0.39, 0.29) is 4.21 Å². The Morgan fingerprint density at radius 1 is 1.33 bits per heavy atom. The SMILES string of the molecule is O=S(=O)(NCCN1CCc2sccc2C1)c1ccc(Cl)s1. The molecule has 3 heterocycles. The van der Waals surface area contributed by atoms with E-state index in [9.17, 15) is 8.42 Å². The highest BCUT2D eigenvalue weighted by atomic mass is 35.5. The first-order valence-electron chi connectivity index (χ1n) is 6.57. The first kappa shape index (κ1) is 15.5. The second-order valence-electron chi connectivity index (χ2n) is 4.85. The summed E-state index contributed by atoms with van der Waals surface area (Å²) in [6.45, 7) is 3.02. The van der Waals surface area contributed by atoms with E-state index < -0.39 is 10.0 Å². The molecular weight excluding hydrogens is 348 g/mol. The van der Waals surface area contributed by atoms with E-state index in [1.807, 2.05) is 0 Å². The maximum Gasteiger partial charge on any atom is 0.250 e. The van der Waals surface area contributed by atoms with Gasteiger partial charge in [-0.05, 0) is 35.6 Å². The standard InChI is InChI=1S/C13H15ClN2O2S3/c14-12-1-2-13(20-12)21(17,18)15-5-7-16-6-3-11-10(9-16)4-8-19-11/h1-2,4,8,15H,3,5-7,9H2. The third-order valence-corrected chi connectivity index (χ3v) is 7.63. The van der Waals surface area contributed by atoms with Gasteiger partial charge in [-0.3, -0.25) is 4.90 Å². The molecule has 0 atom stereocenters. The summed E-state index contributed by atoms with van der Waals surface area (Å²) in [4.78, 5) is 3.74. The van der Waals surface area contributed by atoms with Crippen LogP contribution in [0.1, 0.15) is 10.4 Å². The average Bonchev–Trinajstić information content (AvgIpc) is 3.06. The third-order valence-electron chi connectivity index (χ3n) is 3.42. The Balaban J connectivity index is 1.53. The van der Waals surface area contributed by atoms with Crippen molar-refractivity contribution in [2.24, 2.45) is 0 Å². The summed E-state index contributed by atoms with van der Waals surface area (Å²) in [5.74, 6) is 0. The van der Waals surface area contributed by atoms with Crippen LogP contribution in [0.4, 0.5) is 0 Å². The minimum absolute atomic E-state index is 0.270. The highest BCUT2D eigenvalue weighted by Crippen LogP contribution is 2.25. The number of rotatable bonds is 5. The van der Waals surface area contributed by atoms with Gasteiger partial charge in [-0.15, -0.1) is 22.7 Å². The van der Waals surface area contributed by atoms with Crippen LogP contribution in [-0.4, -0.2) is 33.0 Å². The molecule has 2 aromatic rings. The molecule has 1 aliphatic heterocycles. The van der Waals surface area contributed by atoms with Gasteiger partial charge < -0.3 is 0 Å². The van der Waals surface area contributed by atoms with Crippen molar-refractivity contribution >= 4 is 44.3 Å². The molecule has 0 saturated carbocycles. The van der Waals surface area contributed by atoms with E-state index >= 15 is 0 Å². The molecular formula is C13H15ClN2O2S3. The fraction of sp³-hybridized carbons (Fsp3) is 0.385. The first-order valence-corrected chi connectivity index (χ1v) is 10.1. The lowest BCUT2D eigenvalue weighted by Crippen LogP contribution is -2.37. The highest BCUT2D eigenvalue weighted by molar-refractivity contribution is 7.91. The molecule has 0 fully saturated rings. The molecule has 0 radical (unpaired) electrons. The molecule has 4 nitrogen and oxygen atoms in total. The minimum Gasteiger partial charge on any atom is -0.297 e. The fourth-order valence-electron chi connectivity index (χ4n) is 2.35. The second kappa shape index (κ2) is 6.36. The van der Waals surface area contributed by atoms with Gasteiger partial charge in [-0.25, -0.2) is 13.1 Å². The van der Waals surface area contributed by atoms with Crippen LogP contribution in [0.25, 0.3) is 0 Å². The smallest absolute Gasteiger partial charge is 0.250 e. The molecule has 0 saturated heterocycles. The largest absolute Gasteiger partial charge is 0.297 e. The molecule has 2 aromatic heterocycles. The lowest BCUT2D eigenvalue weighted by molar-refractivity contribution is 0.260. The Morgan fingerprint density at radius 3 is 2.95 bits per heavy atom. The molecule has 1 aliphatic rings. The molecule has 0 spiro atoms. The first-order chi connectivity index (χ1) is 10.0. The summed E-state index contributed by atoms with van der Waals surface area (Å²) >= 11 is 8.66. The van der Waals surface area contributed by atoms with Gasteiger partial charge in [-0.2, -0.15) is 0 Å².